The lowest BCUT2D eigenvalue weighted by atomic mass is 10.3. The molecule has 3 rings (SSSR count). The molecule has 2 aromatic rings. The molecule has 9 nitrogen and oxygen atoms in total. The summed E-state index contributed by atoms with van der Waals surface area (Å²) in [6.07, 6.45) is 1.90. The molecule has 138 valence electrons. The molecule has 0 aliphatic heterocycles. The van der Waals surface area contributed by atoms with Crippen LogP contribution in [-0.2, 0) is 9.59 Å². The number of nitrogens with zero attached hydrogens (tertiary/aromatic N) is 1. The zero-order valence-corrected chi connectivity index (χ0v) is 14.1. The Bertz CT molecular complexity index is 792. The minimum absolute atomic E-state index is 0.0913. The van der Waals surface area contributed by atoms with Crippen LogP contribution >= 0.6 is 0 Å². The van der Waals surface area contributed by atoms with Crippen LogP contribution in [0.4, 0.5) is 23.0 Å². The Labute approximate surface area is 150 Å². The molecule has 1 aliphatic carbocycles. The predicted molar refractivity (Wildman–Crippen MR) is 100.0 cm³/mol. The summed E-state index contributed by atoms with van der Waals surface area (Å²) in [6, 6.07) is 10.1. The second-order valence-electron chi connectivity index (χ2n) is 5.66. The number of pyridine rings is 1. The molecule has 26 heavy (non-hydrogen) atoms. The van der Waals surface area contributed by atoms with Crippen molar-refractivity contribution in [2.45, 2.75) is 12.8 Å². The van der Waals surface area contributed by atoms with Crippen molar-refractivity contribution in [3.05, 3.63) is 36.4 Å². The molecule has 1 amide bonds. The van der Waals surface area contributed by atoms with Crippen molar-refractivity contribution < 1.29 is 14.3 Å². The molecule has 0 saturated heterocycles. The van der Waals surface area contributed by atoms with E-state index >= 15 is 0 Å². The predicted octanol–water partition coefficient (Wildman–Crippen LogP) is 0.727. The van der Waals surface area contributed by atoms with Gasteiger partial charge in [0.25, 0.3) is 0 Å². The molecule has 1 heterocycles. The first-order chi connectivity index (χ1) is 12.4. The molecule has 0 spiro atoms. The first kappa shape index (κ1) is 19.0. The number of nitrogens with two attached hydrogens (primary N) is 4. The number of hydrogen-bond acceptors (Lipinski definition) is 8. The summed E-state index contributed by atoms with van der Waals surface area (Å²) >= 11 is 0. The van der Waals surface area contributed by atoms with E-state index < -0.39 is 0 Å². The number of esters is 1. The molecule has 1 aliphatic rings. The van der Waals surface area contributed by atoms with Gasteiger partial charge in [0.05, 0.1) is 23.8 Å². The number of ether oxygens (including phenoxy) is 1. The molecule has 0 radical (unpaired) electrons. The van der Waals surface area contributed by atoms with Gasteiger partial charge < -0.3 is 33.0 Å². The van der Waals surface area contributed by atoms with Crippen molar-refractivity contribution >= 4 is 34.9 Å². The molecule has 9 heteroatoms. The highest BCUT2D eigenvalue weighted by atomic mass is 16.5. The fourth-order valence-corrected chi connectivity index (χ4v) is 1.83. The first-order valence-corrected chi connectivity index (χ1v) is 7.98. The summed E-state index contributed by atoms with van der Waals surface area (Å²) in [5, 5.41) is 2.45. The summed E-state index contributed by atoms with van der Waals surface area (Å²) in [5.41, 5.74) is 22.4. The quantitative estimate of drug-likeness (QED) is 0.302. The maximum absolute atomic E-state index is 11.2. The number of nitrogen functional groups attached to an aromatic ring is 3. The number of para-hydroxylation sites is 2. The van der Waals surface area contributed by atoms with Crippen LogP contribution in [0.3, 0.4) is 0 Å². The van der Waals surface area contributed by atoms with Gasteiger partial charge in [-0.05, 0) is 37.1 Å². The standard InChI is InChI=1S/C10H11NO2.C7H11N5O/c11-8-3-1-2-4-9(8)13-10(12)7-5-6-7;8-3-6(13)11-5-2-1-4(9)7(10)12-5/h1-4,7H,5-6,11H2;1-2H,3,8-9H2,(H3,10,11,12,13). The third-order valence-electron chi connectivity index (χ3n) is 3.45. The molecule has 0 atom stereocenters. The lowest BCUT2D eigenvalue weighted by Gasteiger charge is -2.04. The zero-order chi connectivity index (χ0) is 19.1. The second-order valence-corrected chi connectivity index (χ2v) is 5.66. The van der Waals surface area contributed by atoms with Crippen LogP contribution in [0.5, 0.6) is 5.75 Å². The van der Waals surface area contributed by atoms with Crippen LogP contribution in [0.25, 0.3) is 0 Å². The molecule has 0 bridgehead atoms. The molecule has 9 N–H and O–H groups in total. The summed E-state index contributed by atoms with van der Waals surface area (Å²) in [5.74, 6) is 0.644. The fraction of sp³-hybridized carbons (Fsp3) is 0.235. The molecule has 0 unspecified atom stereocenters. The van der Waals surface area contributed by atoms with Crippen molar-refractivity contribution in [2.24, 2.45) is 11.7 Å². The third-order valence-corrected chi connectivity index (χ3v) is 3.45. The van der Waals surface area contributed by atoms with Crippen LogP contribution in [0.15, 0.2) is 36.4 Å². The van der Waals surface area contributed by atoms with Gasteiger partial charge >= 0.3 is 5.97 Å². The number of amides is 1. The third kappa shape index (κ3) is 5.64. The van der Waals surface area contributed by atoms with Crippen LogP contribution in [0.2, 0.25) is 0 Å². The minimum Gasteiger partial charge on any atom is -0.424 e. The number of hydrogen-bond donors (Lipinski definition) is 5. The topological polar surface area (TPSA) is 172 Å². The smallest absolute Gasteiger partial charge is 0.314 e. The van der Waals surface area contributed by atoms with E-state index in [1.165, 1.54) is 0 Å². The molecular weight excluding hydrogens is 336 g/mol. The second kappa shape index (κ2) is 8.67. The number of rotatable bonds is 4. The number of benzene rings is 1. The van der Waals surface area contributed by atoms with Gasteiger partial charge in [-0.15, -0.1) is 0 Å². The summed E-state index contributed by atoms with van der Waals surface area (Å²) in [4.78, 5) is 25.9. The van der Waals surface area contributed by atoms with Crippen LogP contribution in [-0.4, -0.2) is 23.4 Å². The highest BCUT2D eigenvalue weighted by Gasteiger charge is 2.31. The monoisotopic (exact) mass is 358 g/mol. The first-order valence-electron chi connectivity index (χ1n) is 7.98. The number of anilines is 4. The van der Waals surface area contributed by atoms with Crippen LogP contribution < -0.4 is 33.0 Å². The Balaban J connectivity index is 0.000000187. The van der Waals surface area contributed by atoms with Crippen molar-refractivity contribution in [3.8, 4) is 5.75 Å². The van der Waals surface area contributed by atoms with Gasteiger partial charge in [0.15, 0.2) is 5.75 Å². The van der Waals surface area contributed by atoms with E-state index in [0.29, 0.717) is 22.9 Å². The van der Waals surface area contributed by atoms with Gasteiger partial charge in [-0.3, -0.25) is 9.59 Å². The van der Waals surface area contributed by atoms with E-state index in [0.717, 1.165) is 12.8 Å². The zero-order valence-electron chi connectivity index (χ0n) is 14.1. The van der Waals surface area contributed by atoms with Gasteiger partial charge in [-0.25, -0.2) is 4.98 Å². The van der Waals surface area contributed by atoms with E-state index in [4.69, 9.17) is 27.7 Å². The normalized spacial score (nSPS) is 12.5. The Morgan fingerprint density at radius 1 is 1.08 bits per heavy atom. The average Bonchev–Trinajstić information content (AvgIpc) is 3.46. The highest BCUT2D eigenvalue weighted by molar-refractivity contribution is 5.91. The van der Waals surface area contributed by atoms with Crippen LogP contribution in [0, 0.1) is 5.92 Å². The van der Waals surface area contributed by atoms with Gasteiger partial charge in [-0.2, -0.15) is 0 Å². The van der Waals surface area contributed by atoms with Crippen LogP contribution in [0.1, 0.15) is 12.8 Å². The van der Waals surface area contributed by atoms with Gasteiger partial charge in [-0.1, -0.05) is 12.1 Å². The van der Waals surface area contributed by atoms with E-state index in [2.05, 4.69) is 10.3 Å². The number of aromatic nitrogens is 1. The maximum Gasteiger partial charge on any atom is 0.314 e. The molecule has 1 fully saturated rings. The van der Waals surface area contributed by atoms with Gasteiger partial charge in [0.1, 0.15) is 11.6 Å². The summed E-state index contributed by atoms with van der Waals surface area (Å²) in [7, 11) is 0. The lowest BCUT2D eigenvalue weighted by molar-refractivity contribution is -0.135. The Morgan fingerprint density at radius 3 is 2.35 bits per heavy atom. The maximum atomic E-state index is 11.2. The molecule has 1 aromatic heterocycles. The largest absolute Gasteiger partial charge is 0.424 e. The highest BCUT2D eigenvalue weighted by Crippen LogP contribution is 2.31. The Hall–Kier alpha value is -3.33. The molecule has 1 aromatic carbocycles. The van der Waals surface area contributed by atoms with Crippen molar-refractivity contribution in [2.75, 3.05) is 29.1 Å². The van der Waals surface area contributed by atoms with E-state index in [1.807, 2.05) is 6.07 Å². The molecule has 1 saturated carbocycles. The molecular formula is C17H22N6O3. The van der Waals surface area contributed by atoms with Crippen molar-refractivity contribution in [3.63, 3.8) is 0 Å². The lowest BCUT2D eigenvalue weighted by Crippen LogP contribution is -2.22. The van der Waals surface area contributed by atoms with Gasteiger partial charge in [0, 0.05) is 0 Å². The van der Waals surface area contributed by atoms with E-state index in [9.17, 15) is 9.59 Å². The summed E-state index contributed by atoms with van der Waals surface area (Å²) in [6.45, 7) is -0.0913. The SMILES string of the molecule is NCC(=O)Nc1ccc(N)c(N)n1.Nc1ccccc1OC(=O)C1CC1. The average molecular weight is 358 g/mol. The number of carbonyl (C=O) groups excluding carboxylic acids is 2. The minimum atomic E-state index is -0.323. The number of carbonyl (C=O) groups is 2. The summed E-state index contributed by atoms with van der Waals surface area (Å²) < 4.78 is 5.11. The van der Waals surface area contributed by atoms with E-state index in [1.54, 1.807) is 30.3 Å². The van der Waals surface area contributed by atoms with Crippen molar-refractivity contribution in [1.29, 1.82) is 0 Å². The fourth-order valence-electron chi connectivity index (χ4n) is 1.83. The van der Waals surface area contributed by atoms with Crippen molar-refractivity contribution in [1.82, 2.24) is 4.98 Å². The Kier molecular flexibility index (Phi) is 6.34. The number of nitrogens with one attached hydrogen (secondary N) is 1. The Morgan fingerprint density at radius 2 is 1.77 bits per heavy atom. The van der Waals surface area contributed by atoms with E-state index in [-0.39, 0.29) is 30.2 Å². The van der Waals surface area contributed by atoms with Gasteiger partial charge in [0.2, 0.25) is 5.91 Å².